The zero-order valence-electron chi connectivity index (χ0n) is 12.3. The summed E-state index contributed by atoms with van der Waals surface area (Å²) in [7, 11) is 0. The van der Waals surface area contributed by atoms with E-state index in [9.17, 15) is 4.39 Å². The molecule has 1 aromatic carbocycles. The Morgan fingerprint density at radius 3 is 2.40 bits per heavy atom. The second-order valence-electron chi connectivity index (χ2n) is 5.09. The van der Waals surface area contributed by atoms with Crippen molar-refractivity contribution in [1.82, 2.24) is 10.3 Å². The van der Waals surface area contributed by atoms with Crippen molar-refractivity contribution in [2.75, 3.05) is 6.54 Å². The van der Waals surface area contributed by atoms with Crippen molar-refractivity contribution in [2.45, 2.75) is 33.2 Å². The molecule has 0 aliphatic heterocycles. The third-order valence-electron chi connectivity index (χ3n) is 3.34. The number of hydrogen-bond acceptors (Lipinski definition) is 2. The van der Waals surface area contributed by atoms with E-state index in [1.54, 1.807) is 6.07 Å². The van der Waals surface area contributed by atoms with E-state index < -0.39 is 0 Å². The maximum absolute atomic E-state index is 13.8. The van der Waals surface area contributed by atoms with Crippen LogP contribution in [0.1, 0.15) is 35.5 Å². The predicted molar refractivity (Wildman–Crippen MR) is 80.2 cm³/mol. The molecule has 1 unspecified atom stereocenters. The van der Waals surface area contributed by atoms with Crippen molar-refractivity contribution >= 4 is 0 Å². The molecule has 0 radical (unpaired) electrons. The van der Waals surface area contributed by atoms with Crippen LogP contribution in [-0.4, -0.2) is 11.5 Å². The van der Waals surface area contributed by atoms with Crippen LogP contribution in [-0.2, 0) is 6.42 Å². The zero-order valence-corrected chi connectivity index (χ0v) is 12.3. The van der Waals surface area contributed by atoms with Crippen molar-refractivity contribution in [3.63, 3.8) is 0 Å². The number of hydrogen-bond donors (Lipinski definition) is 1. The molecule has 1 aromatic heterocycles. The SMILES string of the molecule is CCNC(Cc1ccccc1F)c1cc(C)nc(C)c1. The van der Waals surface area contributed by atoms with Crippen LogP contribution in [0.5, 0.6) is 0 Å². The second-order valence-corrected chi connectivity index (χ2v) is 5.09. The molecule has 2 nitrogen and oxygen atoms in total. The highest BCUT2D eigenvalue weighted by molar-refractivity contribution is 5.27. The molecule has 0 amide bonds. The summed E-state index contributed by atoms with van der Waals surface area (Å²) in [6, 6.07) is 11.2. The molecule has 1 heterocycles. The molecule has 1 N–H and O–H groups in total. The lowest BCUT2D eigenvalue weighted by molar-refractivity contribution is 0.527. The van der Waals surface area contributed by atoms with Gasteiger partial charge in [-0.05, 0) is 56.1 Å². The monoisotopic (exact) mass is 272 g/mol. The van der Waals surface area contributed by atoms with E-state index in [2.05, 4.69) is 29.4 Å². The summed E-state index contributed by atoms with van der Waals surface area (Å²) in [6.07, 6.45) is 0.642. The van der Waals surface area contributed by atoms with Gasteiger partial charge in [-0.3, -0.25) is 4.98 Å². The highest BCUT2D eigenvalue weighted by Gasteiger charge is 2.14. The van der Waals surface area contributed by atoms with Gasteiger partial charge in [0.15, 0.2) is 0 Å². The first-order valence-corrected chi connectivity index (χ1v) is 7.02. The number of aryl methyl sites for hydroxylation is 2. The Hall–Kier alpha value is -1.74. The molecule has 0 aliphatic rings. The summed E-state index contributed by atoms with van der Waals surface area (Å²) in [6.45, 7) is 6.89. The van der Waals surface area contributed by atoms with Crippen molar-refractivity contribution in [3.05, 3.63) is 64.7 Å². The van der Waals surface area contributed by atoms with Gasteiger partial charge in [0.2, 0.25) is 0 Å². The third-order valence-corrected chi connectivity index (χ3v) is 3.34. The molecule has 0 saturated heterocycles. The smallest absolute Gasteiger partial charge is 0.126 e. The molecule has 1 atom stereocenters. The van der Waals surface area contributed by atoms with Gasteiger partial charge in [0.1, 0.15) is 5.82 Å². The molecule has 0 fully saturated rings. The largest absolute Gasteiger partial charge is 0.310 e. The van der Waals surface area contributed by atoms with Crippen LogP contribution < -0.4 is 5.32 Å². The molecule has 3 heteroatoms. The van der Waals surface area contributed by atoms with Crippen LogP contribution in [0.25, 0.3) is 0 Å². The van der Waals surface area contributed by atoms with E-state index in [-0.39, 0.29) is 11.9 Å². The molecule has 0 saturated carbocycles. The number of halogens is 1. The minimum Gasteiger partial charge on any atom is -0.310 e. The molecule has 106 valence electrons. The third kappa shape index (κ3) is 3.64. The summed E-state index contributed by atoms with van der Waals surface area (Å²) in [5, 5.41) is 3.43. The number of aromatic nitrogens is 1. The van der Waals surface area contributed by atoms with Crippen LogP contribution >= 0.6 is 0 Å². The average molecular weight is 272 g/mol. The Bertz CT molecular complexity index is 561. The summed E-state index contributed by atoms with van der Waals surface area (Å²) >= 11 is 0. The number of likely N-dealkylation sites (N-methyl/N-ethyl adjacent to an activating group) is 1. The number of nitrogens with zero attached hydrogens (tertiary/aromatic N) is 1. The van der Waals surface area contributed by atoms with Crippen molar-refractivity contribution < 1.29 is 4.39 Å². The maximum Gasteiger partial charge on any atom is 0.126 e. The van der Waals surface area contributed by atoms with Crippen LogP contribution in [0, 0.1) is 19.7 Å². The second kappa shape index (κ2) is 6.62. The first-order chi connectivity index (χ1) is 9.60. The van der Waals surface area contributed by atoms with Gasteiger partial charge in [-0.1, -0.05) is 25.1 Å². The van der Waals surface area contributed by atoms with E-state index >= 15 is 0 Å². The molecule has 2 rings (SSSR count). The van der Waals surface area contributed by atoms with Gasteiger partial charge in [-0.2, -0.15) is 0 Å². The van der Waals surface area contributed by atoms with Crippen molar-refractivity contribution in [1.29, 1.82) is 0 Å². The van der Waals surface area contributed by atoms with Gasteiger partial charge in [-0.25, -0.2) is 4.39 Å². The lowest BCUT2D eigenvalue weighted by Crippen LogP contribution is -2.23. The predicted octanol–water partition coefficient (Wildman–Crippen LogP) is 3.73. The van der Waals surface area contributed by atoms with E-state index in [1.807, 2.05) is 26.0 Å². The Morgan fingerprint density at radius 1 is 1.15 bits per heavy atom. The highest BCUT2D eigenvalue weighted by atomic mass is 19.1. The fourth-order valence-electron chi connectivity index (χ4n) is 2.51. The number of nitrogens with one attached hydrogen (secondary N) is 1. The highest BCUT2D eigenvalue weighted by Crippen LogP contribution is 2.21. The number of rotatable bonds is 5. The summed E-state index contributed by atoms with van der Waals surface area (Å²) in [4.78, 5) is 4.40. The zero-order chi connectivity index (χ0) is 14.5. The van der Waals surface area contributed by atoms with E-state index in [4.69, 9.17) is 0 Å². The normalized spacial score (nSPS) is 12.4. The lowest BCUT2D eigenvalue weighted by Gasteiger charge is -2.19. The van der Waals surface area contributed by atoms with Crippen LogP contribution in [0.15, 0.2) is 36.4 Å². The van der Waals surface area contributed by atoms with Gasteiger partial charge in [-0.15, -0.1) is 0 Å². The topological polar surface area (TPSA) is 24.9 Å². The van der Waals surface area contributed by atoms with Crippen LogP contribution in [0.2, 0.25) is 0 Å². The van der Waals surface area contributed by atoms with E-state index in [0.29, 0.717) is 6.42 Å². The maximum atomic E-state index is 13.8. The average Bonchev–Trinajstić information content (AvgIpc) is 2.39. The fourth-order valence-corrected chi connectivity index (χ4v) is 2.51. The quantitative estimate of drug-likeness (QED) is 0.897. The van der Waals surface area contributed by atoms with Crippen LogP contribution in [0.4, 0.5) is 4.39 Å². The van der Waals surface area contributed by atoms with E-state index in [1.165, 1.54) is 11.6 Å². The summed E-state index contributed by atoms with van der Waals surface area (Å²) < 4.78 is 13.8. The first kappa shape index (κ1) is 14.7. The number of pyridine rings is 1. The summed E-state index contributed by atoms with van der Waals surface area (Å²) in [5.41, 5.74) is 3.90. The molecular weight excluding hydrogens is 251 g/mol. The Morgan fingerprint density at radius 2 is 1.80 bits per heavy atom. The molecule has 0 aliphatic carbocycles. The van der Waals surface area contributed by atoms with Gasteiger partial charge in [0.25, 0.3) is 0 Å². The molecule has 0 bridgehead atoms. The van der Waals surface area contributed by atoms with Crippen molar-refractivity contribution in [2.24, 2.45) is 0 Å². The molecule has 2 aromatic rings. The van der Waals surface area contributed by atoms with Gasteiger partial charge >= 0.3 is 0 Å². The minimum absolute atomic E-state index is 0.109. The molecule has 0 spiro atoms. The Kier molecular flexibility index (Phi) is 4.85. The molecular formula is C17H21FN2. The van der Waals surface area contributed by atoms with Crippen molar-refractivity contribution in [3.8, 4) is 0 Å². The summed E-state index contributed by atoms with van der Waals surface area (Å²) in [5.74, 6) is -0.141. The van der Waals surface area contributed by atoms with Gasteiger partial charge in [0, 0.05) is 17.4 Å². The Labute approximate surface area is 120 Å². The standard InChI is InChI=1S/C17H21FN2/c1-4-19-17(11-14-7-5-6-8-16(14)18)15-9-12(2)20-13(3)10-15/h5-10,17,19H,4,11H2,1-3H3. The molecule has 20 heavy (non-hydrogen) atoms. The van der Waals surface area contributed by atoms with Crippen LogP contribution in [0.3, 0.4) is 0 Å². The first-order valence-electron chi connectivity index (χ1n) is 7.02. The van der Waals surface area contributed by atoms with Gasteiger partial charge in [0.05, 0.1) is 0 Å². The minimum atomic E-state index is -0.141. The number of benzene rings is 1. The van der Waals surface area contributed by atoms with E-state index in [0.717, 1.165) is 23.5 Å². The Balaban J connectivity index is 2.29. The van der Waals surface area contributed by atoms with Gasteiger partial charge < -0.3 is 5.32 Å². The lowest BCUT2D eigenvalue weighted by atomic mass is 9.98. The fraction of sp³-hybridized carbons (Fsp3) is 0.353.